The Bertz CT molecular complexity index is 868. The Morgan fingerprint density at radius 1 is 1.21 bits per heavy atom. The molecule has 3 rings (SSSR count). The topological polar surface area (TPSA) is 54.9 Å². The fourth-order valence-corrected chi connectivity index (χ4v) is 4.05. The molecule has 7 heteroatoms. The van der Waals surface area contributed by atoms with Gasteiger partial charge in [-0.2, -0.15) is 0 Å². The Morgan fingerprint density at radius 3 is 2.54 bits per heavy atom. The third-order valence-corrected chi connectivity index (χ3v) is 5.66. The lowest BCUT2D eigenvalue weighted by atomic mass is 10.2. The number of rotatable bonds is 4. The standard InChI is InChI=1S/C17H16ClN3OS2/c1-9(2)13-8-23-17(20-13)21-15(22)14-10(3)19-16(24-14)11-4-6-12(18)7-5-11/h4-9H,1-3H3,(H,20,21,22). The second-order valence-corrected chi connectivity index (χ2v) is 7.92. The summed E-state index contributed by atoms with van der Waals surface area (Å²) in [6.45, 7) is 5.99. The Kier molecular flexibility index (Phi) is 4.99. The zero-order valence-electron chi connectivity index (χ0n) is 13.5. The molecule has 0 radical (unpaired) electrons. The number of nitrogens with zero attached hydrogens (tertiary/aromatic N) is 2. The van der Waals surface area contributed by atoms with Crippen molar-refractivity contribution in [2.24, 2.45) is 0 Å². The summed E-state index contributed by atoms with van der Waals surface area (Å²) in [5, 5.41) is 6.93. The Balaban J connectivity index is 1.81. The van der Waals surface area contributed by atoms with Crippen LogP contribution in [0.25, 0.3) is 10.6 Å². The first-order chi connectivity index (χ1) is 11.4. The fraction of sp³-hybridized carbons (Fsp3) is 0.235. The van der Waals surface area contributed by atoms with Gasteiger partial charge in [0.25, 0.3) is 5.91 Å². The van der Waals surface area contributed by atoms with E-state index in [0.29, 0.717) is 26.6 Å². The normalized spacial score (nSPS) is 11.0. The van der Waals surface area contributed by atoms with Crippen LogP contribution < -0.4 is 5.32 Å². The van der Waals surface area contributed by atoms with Gasteiger partial charge in [0.05, 0.1) is 11.4 Å². The Hall–Kier alpha value is -1.76. The second-order valence-electron chi connectivity index (χ2n) is 5.63. The van der Waals surface area contributed by atoms with Crippen LogP contribution >= 0.6 is 34.3 Å². The van der Waals surface area contributed by atoms with Gasteiger partial charge in [0.1, 0.15) is 9.88 Å². The van der Waals surface area contributed by atoms with E-state index in [1.165, 1.54) is 22.7 Å². The van der Waals surface area contributed by atoms with Crippen molar-refractivity contribution < 1.29 is 4.79 Å². The van der Waals surface area contributed by atoms with Crippen LogP contribution in [0.3, 0.4) is 0 Å². The second kappa shape index (κ2) is 7.01. The summed E-state index contributed by atoms with van der Waals surface area (Å²) in [4.78, 5) is 22.1. The number of carbonyl (C=O) groups is 1. The molecule has 0 fully saturated rings. The molecule has 1 N–H and O–H groups in total. The molecule has 124 valence electrons. The molecule has 4 nitrogen and oxygen atoms in total. The van der Waals surface area contributed by atoms with E-state index < -0.39 is 0 Å². The Morgan fingerprint density at radius 2 is 1.92 bits per heavy atom. The summed E-state index contributed by atoms with van der Waals surface area (Å²) in [5.74, 6) is 0.170. The molecule has 1 amide bonds. The van der Waals surface area contributed by atoms with Crippen molar-refractivity contribution in [3.63, 3.8) is 0 Å². The van der Waals surface area contributed by atoms with Crippen molar-refractivity contribution in [3.05, 3.63) is 50.9 Å². The molecule has 0 aliphatic rings. The summed E-state index contributed by atoms with van der Waals surface area (Å²) in [7, 11) is 0. The van der Waals surface area contributed by atoms with Crippen LogP contribution in [0.4, 0.5) is 5.13 Å². The molecule has 0 atom stereocenters. The van der Waals surface area contributed by atoms with Gasteiger partial charge in [-0.25, -0.2) is 9.97 Å². The highest BCUT2D eigenvalue weighted by Gasteiger charge is 2.18. The van der Waals surface area contributed by atoms with Crippen molar-refractivity contribution in [1.29, 1.82) is 0 Å². The lowest BCUT2D eigenvalue weighted by Gasteiger charge is -2.00. The van der Waals surface area contributed by atoms with Crippen LogP contribution in [0.1, 0.15) is 40.8 Å². The van der Waals surface area contributed by atoms with Crippen LogP contribution in [-0.2, 0) is 0 Å². The van der Waals surface area contributed by atoms with E-state index in [2.05, 4.69) is 29.1 Å². The van der Waals surface area contributed by atoms with E-state index in [-0.39, 0.29) is 5.91 Å². The quantitative estimate of drug-likeness (QED) is 0.643. The molecule has 2 aromatic heterocycles. The van der Waals surface area contributed by atoms with Gasteiger partial charge in [0, 0.05) is 16.0 Å². The lowest BCUT2D eigenvalue weighted by molar-refractivity contribution is 0.103. The average molecular weight is 378 g/mol. The highest BCUT2D eigenvalue weighted by molar-refractivity contribution is 7.17. The number of benzene rings is 1. The molecule has 1 aromatic carbocycles. The average Bonchev–Trinajstić information content (AvgIpc) is 3.15. The van der Waals surface area contributed by atoms with Crippen LogP contribution in [0, 0.1) is 6.92 Å². The molecule has 0 aliphatic carbocycles. The molecule has 24 heavy (non-hydrogen) atoms. The van der Waals surface area contributed by atoms with E-state index in [4.69, 9.17) is 11.6 Å². The number of thiazole rings is 2. The largest absolute Gasteiger partial charge is 0.297 e. The van der Waals surface area contributed by atoms with Crippen molar-refractivity contribution in [3.8, 4) is 10.6 Å². The smallest absolute Gasteiger partial charge is 0.269 e. The number of hydrogen-bond acceptors (Lipinski definition) is 5. The molecule has 0 spiro atoms. The number of hydrogen-bond donors (Lipinski definition) is 1. The van der Waals surface area contributed by atoms with E-state index in [9.17, 15) is 4.79 Å². The molecular weight excluding hydrogens is 362 g/mol. The monoisotopic (exact) mass is 377 g/mol. The van der Waals surface area contributed by atoms with Gasteiger partial charge in [-0.3, -0.25) is 10.1 Å². The molecular formula is C17H16ClN3OS2. The first-order valence-electron chi connectivity index (χ1n) is 7.44. The minimum atomic E-state index is -0.171. The van der Waals surface area contributed by atoms with E-state index >= 15 is 0 Å². The number of aryl methyl sites for hydroxylation is 1. The van der Waals surface area contributed by atoms with Crippen molar-refractivity contribution in [2.75, 3.05) is 5.32 Å². The summed E-state index contributed by atoms with van der Waals surface area (Å²) in [5.41, 5.74) is 2.64. The lowest BCUT2D eigenvalue weighted by Crippen LogP contribution is -2.11. The minimum absolute atomic E-state index is 0.171. The fourth-order valence-electron chi connectivity index (χ4n) is 2.09. The van der Waals surface area contributed by atoms with Gasteiger partial charge >= 0.3 is 0 Å². The number of amides is 1. The predicted molar refractivity (Wildman–Crippen MR) is 101 cm³/mol. The van der Waals surface area contributed by atoms with Gasteiger partial charge in [0.15, 0.2) is 5.13 Å². The number of anilines is 1. The molecule has 2 heterocycles. The maximum Gasteiger partial charge on any atom is 0.269 e. The van der Waals surface area contributed by atoms with Crippen molar-refractivity contribution in [1.82, 2.24) is 9.97 Å². The molecule has 0 saturated carbocycles. The van der Waals surface area contributed by atoms with Gasteiger partial charge in [-0.05, 0) is 25.0 Å². The summed E-state index contributed by atoms with van der Waals surface area (Å²) < 4.78 is 0. The molecule has 0 unspecified atom stereocenters. The summed E-state index contributed by atoms with van der Waals surface area (Å²) in [6, 6.07) is 7.43. The molecule has 0 saturated heterocycles. The van der Waals surface area contributed by atoms with Crippen LogP contribution in [0.2, 0.25) is 5.02 Å². The van der Waals surface area contributed by atoms with Gasteiger partial charge < -0.3 is 0 Å². The summed E-state index contributed by atoms with van der Waals surface area (Å²) >= 11 is 8.72. The SMILES string of the molecule is Cc1nc(-c2ccc(Cl)cc2)sc1C(=O)Nc1nc(C(C)C)cs1. The maximum atomic E-state index is 12.5. The molecule has 3 aromatic rings. The predicted octanol–water partition coefficient (Wildman–Crippen LogP) is 5.60. The van der Waals surface area contributed by atoms with E-state index in [1.54, 1.807) is 0 Å². The first kappa shape index (κ1) is 17.1. The minimum Gasteiger partial charge on any atom is -0.297 e. The number of nitrogens with one attached hydrogen (secondary N) is 1. The summed E-state index contributed by atoms with van der Waals surface area (Å²) in [6.07, 6.45) is 0. The third-order valence-electron chi connectivity index (χ3n) is 3.43. The Labute approximate surface area is 153 Å². The van der Waals surface area contributed by atoms with E-state index in [1.807, 2.05) is 36.6 Å². The van der Waals surface area contributed by atoms with Crippen molar-refractivity contribution >= 4 is 45.3 Å². The molecule has 0 bridgehead atoms. The van der Waals surface area contributed by atoms with Gasteiger partial charge in [0.2, 0.25) is 0 Å². The number of aromatic nitrogens is 2. The molecule has 0 aliphatic heterocycles. The van der Waals surface area contributed by atoms with E-state index in [0.717, 1.165) is 16.3 Å². The number of carbonyl (C=O) groups excluding carboxylic acids is 1. The highest BCUT2D eigenvalue weighted by atomic mass is 35.5. The van der Waals surface area contributed by atoms with Gasteiger partial charge in [-0.1, -0.05) is 37.6 Å². The number of halogens is 1. The maximum absolute atomic E-state index is 12.5. The van der Waals surface area contributed by atoms with Crippen LogP contribution in [-0.4, -0.2) is 15.9 Å². The third kappa shape index (κ3) is 3.66. The zero-order valence-corrected chi connectivity index (χ0v) is 15.9. The highest BCUT2D eigenvalue weighted by Crippen LogP contribution is 2.30. The van der Waals surface area contributed by atoms with Crippen molar-refractivity contribution in [2.45, 2.75) is 26.7 Å². The van der Waals surface area contributed by atoms with Crippen LogP contribution in [0.5, 0.6) is 0 Å². The van der Waals surface area contributed by atoms with Gasteiger partial charge in [-0.15, -0.1) is 22.7 Å². The van der Waals surface area contributed by atoms with Crippen LogP contribution in [0.15, 0.2) is 29.6 Å². The zero-order chi connectivity index (χ0) is 17.3. The first-order valence-corrected chi connectivity index (χ1v) is 9.51.